The van der Waals surface area contributed by atoms with E-state index in [9.17, 15) is 0 Å². The first-order chi connectivity index (χ1) is 11.7. The van der Waals surface area contributed by atoms with E-state index in [1.54, 1.807) is 4.68 Å². The molecule has 0 aliphatic carbocycles. The van der Waals surface area contributed by atoms with Crippen molar-refractivity contribution in [3.05, 3.63) is 65.9 Å². The summed E-state index contributed by atoms with van der Waals surface area (Å²) in [4.78, 5) is 0. The summed E-state index contributed by atoms with van der Waals surface area (Å²) in [5.41, 5.74) is 10.1. The molecular weight excluding hydrogens is 302 g/mol. The minimum absolute atomic E-state index is 0.134. The van der Waals surface area contributed by atoms with Crippen molar-refractivity contribution in [3.8, 4) is 5.69 Å². The zero-order valence-electron chi connectivity index (χ0n) is 13.4. The van der Waals surface area contributed by atoms with Gasteiger partial charge in [0.1, 0.15) is 0 Å². The van der Waals surface area contributed by atoms with Crippen LogP contribution in [-0.4, -0.2) is 21.5 Å². The molecule has 3 rings (SSSR count). The normalized spacial score (nSPS) is 11.2. The Labute approximate surface area is 140 Å². The summed E-state index contributed by atoms with van der Waals surface area (Å²) in [5, 5.41) is 21.9. The fourth-order valence-electron chi connectivity index (χ4n) is 2.39. The fourth-order valence-corrected chi connectivity index (χ4v) is 2.39. The number of aromatic nitrogens is 2. The molecule has 0 atom stereocenters. The van der Waals surface area contributed by atoms with Crippen molar-refractivity contribution < 1.29 is 5.11 Å². The van der Waals surface area contributed by atoms with Crippen molar-refractivity contribution in [1.82, 2.24) is 9.78 Å². The number of benzene rings is 2. The van der Waals surface area contributed by atoms with Gasteiger partial charge in [-0.3, -0.25) is 0 Å². The summed E-state index contributed by atoms with van der Waals surface area (Å²) in [6, 6.07) is 17.2. The number of aliphatic hydroxyl groups is 1. The Morgan fingerprint density at radius 3 is 2.42 bits per heavy atom. The SMILES string of the molecule is Cc1nn(-c2ccccc2)c(N)c1/N=N/c1ccc(CCO)cc1. The Hall–Kier alpha value is -2.99. The number of rotatable bonds is 5. The molecule has 0 fully saturated rings. The summed E-state index contributed by atoms with van der Waals surface area (Å²) in [6.45, 7) is 1.99. The first-order valence-electron chi connectivity index (χ1n) is 7.71. The van der Waals surface area contributed by atoms with Gasteiger partial charge in [0.25, 0.3) is 0 Å². The molecule has 0 unspecified atom stereocenters. The zero-order valence-corrected chi connectivity index (χ0v) is 13.4. The summed E-state index contributed by atoms with van der Waals surface area (Å²) in [7, 11) is 0. The number of hydrogen-bond donors (Lipinski definition) is 2. The van der Waals surface area contributed by atoms with Crippen LogP contribution in [0, 0.1) is 6.92 Å². The molecule has 0 bridgehead atoms. The van der Waals surface area contributed by atoms with Gasteiger partial charge in [0.15, 0.2) is 11.5 Å². The van der Waals surface area contributed by atoms with Crippen molar-refractivity contribution in [2.45, 2.75) is 13.3 Å². The summed E-state index contributed by atoms with van der Waals surface area (Å²) in [6.07, 6.45) is 0.632. The van der Waals surface area contributed by atoms with Crippen LogP contribution in [0.3, 0.4) is 0 Å². The molecule has 0 amide bonds. The Kier molecular flexibility index (Phi) is 4.67. The van der Waals surface area contributed by atoms with E-state index in [4.69, 9.17) is 10.8 Å². The number of aryl methyl sites for hydroxylation is 1. The number of anilines is 1. The van der Waals surface area contributed by atoms with Gasteiger partial charge in [-0.1, -0.05) is 30.3 Å². The molecule has 3 aromatic rings. The molecule has 6 heteroatoms. The maximum Gasteiger partial charge on any atom is 0.155 e. The minimum Gasteiger partial charge on any atom is -0.396 e. The standard InChI is InChI=1S/C18H19N5O/c1-13-17(18(19)23(22-13)16-5-3-2-4-6-16)21-20-15-9-7-14(8-10-15)11-12-24/h2-10,24H,11-12,19H2,1H3/b21-20+. The quantitative estimate of drug-likeness (QED) is 0.702. The predicted octanol–water partition coefficient (Wildman–Crippen LogP) is 3.71. The molecule has 2 aromatic carbocycles. The van der Waals surface area contributed by atoms with E-state index in [0.29, 0.717) is 17.9 Å². The topological polar surface area (TPSA) is 88.8 Å². The third kappa shape index (κ3) is 3.33. The average molecular weight is 321 g/mol. The summed E-state index contributed by atoms with van der Waals surface area (Å²) >= 11 is 0. The molecule has 0 aliphatic rings. The number of aliphatic hydroxyl groups excluding tert-OH is 1. The van der Waals surface area contributed by atoms with Crippen LogP contribution in [0.5, 0.6) is 0 Å². The monoisotopic (exact) mass is 321 g/mol. The molecule has 0 radical (unpaired) electrons. The molecular formula is C18H19N5O. The maximum absolute atomic E-state index is 8.93. The van der Waals surface area contributed by atoms with Gasteiger partial charge in [0.05, 0.1) is 17.1 Å². The summed E-state index contributed by atoms with van der Waals surface area (Å²) < 4.78 is 1.66. The first-order valence-corrected chi connectivity index (χ1v) is 7.71. The van der Waals surface area contributed by atoms with Gasteiger partial charge in [0, 0.05) is 6.61 Å². The fraction of sp³-hybridized carbons (Fsp3) is 0.167. The molecule has 0 spiro atoms. The van der Waals surface area contributed by atoms with E-state index in [1.807, 2.05) is 61.5 Å². The van der Waals surface area contributed by atoms with Gasteiger partial charge in [0.2, 0.25) is 0 Å². The van der Waals surface area contributed by atoms with Crippen molar-refractivity contribution in [2.75, 3.05) is 12.3 Å². The van der Waals surface area contributed by atoms with E-state index in [-0.39, 0.29) is 6.61 Å². The van der Waals surface area contributed by atoms with Gasteiger partial charge in [-0.25, -0.2) is 4.68 Å². The Morgan fingerprint density at radius 2 is 1.75 bits per heavy atom. The van der Waals surface area contributed by atoms with Gasteiger partial charge in [-0.05, 0) is 43.2 Å². The van der Waals surface area contributed by atoms with E-state index >= 15 is 0 Å². The average Bonchev–Trinajstić information content (AvgIpc) is 2.90. The minimum atomic E-state index is 0.134. The van der Waals surface area contributed by atoms with Gasteiger partial charge < -0.3 is 10.8 Å². The highest BCUT2D eigenvalue weighted by atomic mass is 16.2. The van der Waals surface area contributed by atoms with E-state index in [1.165, 1.54) is 0 Å². The van der Waals surface area contributed by atoms with Crippen LogP contribution >= 0.6 is 0 Å². The van der Waals surface area contributed by atoms with Crippen LogP contribution in [0.15, 0.2) is 64.8 Å². The highest BCUT2D eigenvalue weighted by Crippen LogP contribution is 2.30. The van der Waals surface area contributed by atoms with E-state index in [0.717, 1.165) is 22.6 Å². The second-order valence-electron chi connectivity index (χ2n) is 5.41. The van der Waals surface area contributed by atoms with Crippen LogP contribution in [0.25, 0.3) is 5.69 Å². The number of nitrogens with zero attached hydrogens (tertiary/aromatic N) is 4. The Morgan fingerprint density at radius 1 is 1.04 bits per heavy atom. The lowest BCUT2D eigenvalue weighted by Gasteiger charge is -2.02. The number of azo groups is 1. The van der Waals surface area contributed by atoms with Crippen molar-refractivity contribution in [3.63, 3.8) is 0 Å². The largest absolute Gasteiger partial charge is 0.396 e. The Balaban J connectivity index is 1.86. The molecule has 6 nitrogen and oxygen atoms in total. The maximum atomic E-state index is 8.93. The number of nitrogen functional groups attached to an aromatic ring is 1. The van der Waals surface area contributed by atoms with Crippen LogP contribution < -0.4 is 5.73 Å². The van der Waals surface area contributed by atoms with Gasteiger partial charge in [-0.2, -0.15) is 10.2 Å². The molecule has 122 valence electrons. The lowest BCUT2D eigenvalue weighted by atomic mass is 10.1. The van der Waals surface area contributed by atoms with Crippen LogP contribution in [-0.2, 0) is 6.42 Å². The number of nitrogens with two attached hydrogens (primary N) is 1. The third-order valence-electron chi connectivity index (χ3n) is 3.67. The highest BCUT2D eigenvalue weighted by Gasteiger charge is 2.13. The second kappa shape index (κ2) is 7.06. The van der Waals surface area contributed by atoms with Crippen LogP contribution in [0.1, 0.15) is 11.3 Å². The predicted molar refractivity (Wildman–Crippen MR) is 94.1 cm³/mol. The first kappa shape index (κ1) is 15.9. The van der Waals surface area contributed by atoms with Gasteiger partial charge >= 0.3 is 0 Å². The third-order valence-corrected chi connectivity index (χ3v) is 3.67. The van der Waals surface area contributed by atoms with Crippen LogP contribution in [0.4, 0.5) is 17.2 Å². The number of para-hydroxylation sites is 1. The van der Waals surface area contributed by atoms with Crippen molar-refractivity contribution >= 4 is 17.2 Å². The van der Waals surface area contributed by atoms with Gasteiger partial charge in [-0.15, -0.1) is 5.11 Å². The lowest BCUT2D eigenvalue weighted by molar-refractivity contribution is 0.299. The second-order valence-corrected chi connectivity index (χ2v) is 5.41. The van der Waals surface area contributed by atoms with Crippen molar-refractivity contribution in [2.24, 2.45) is 10.2 Å². The Bertz CT molecular complexity index is 838. The van der Waals surface area contributed by atoms with Crippen LogP contribution in [0.2, 0.25) is 0 Å². The molecule has 24 heavy (non-hydrogen) atoms. The van der Waals surface area contributed by atoms with Crippen molar-refractivity contribution in [1.29, 1.82) is 0 Å². The summed E-state index contributed by atoms with van der Waals surface area (Å²) in [5.74, 6) is 0.458. The molecule has 3 N–H and O–H groups in total. The molecule has 1 heterocycles. The smallest absolute Gasteiger partial charge is 0.155 e. The zero-order chi connectivity index (χ0) is 16.9. The number of hydrogen-bond acceptors (Lipinski definition) is 5. The molecule has 0 aliphatic heterocycles. The molecule has 0 saturated heterocycles. The molecule has 1 aromatic heterocycles. The molecule has 0 saturated carbocycles. The highest BCUT2D eigenvalue weighted by molar-refractivity contribution is 5.64. The van der Waals surface area contributed by atoms with E-state index < -0.39 is 0 Å². The lowest BCUT2D eigenvalue weighted by Crippen LogP contribution is -2.01. The van der Waals surface area contributed by atoms with E-state index in [2.05, 4.69) is 15.3 Å².